The molecule has 0 saturated heterocycles. The number of rotatable bonds is 3. The molecule has 0 aliphatic rings. The predicted octanol–water partition coefficient (Wildman–Crippen LogP) is 2.45. The summed E-state index contributed by atoms with van der Waals surface area (Å²) in [5, 5.41) is 18.0. The standard InChI is InChI=1S/C14H11NO4/c1-8-2-3-9(7-15-8)10-4-11(13(16)17)6-12(5-10)14(18)19/h2-7H,1H3,(H,16,17)(H,18,19). The summed E-state index contributed by atoms with van der Waals surface area (Å²) in [6.45, 7) is 1.83. The van der Waals surface area contributed by atoms with E-state index in [0.717, 1.165) is 11.8 Å². The lowest BCUT2D eigenvalue weighted by Crippen LogP contribution is -2.03. The molecule has 5 nitrogen and oxygen atoms in total. The summed E-state index contributed by atoms with van der Waals surface area (Å²) in [4.78, 5) is 26.1. The quantitative estimate of drug-likeness (QED) is 0.881. The van der Waals surface area contributed by atoms with E-state index < -0.39 is 11.9 Å². The number of hydrogen-bond donors (Lipinski definition) is 2. The van der Waals surface area contributed by atoms with Crippen LogP contribution in [0.25, 0.3) is 11.1 Å². The van der Waals surface area contributed by atoms with E-state index in [-0.39, 0.29) is 11.1 Å². The molecule has 0 fully saturated rings. The van der Waals surface area contributed by atoms with Gasteiger partial charge in [0.25, 0.3) is 0 Å². The fraction of sp³-hybridized carbons (Fsp3) is 0.0714. The van der Waals surface area contributed by atoms with Gasteiger partial charge in [0.2, 0.25) is 0 Å². The van der Waals surface area contributed by atoms with Crippen molar-refractivity contribution in [2.45, 2.75) is 6.92 Å². The maximum atomic E-state index is 11.0. The van der Waals surface area contributed by atoms with E-state index in [1.165, 1.54) is 12.1 Å². The highest BCUT2D eigenvalue weighted by Gasteiger charge is 2.12. The van der Waals surface area contributed by atoms with Gasteiger partial charge in [0.05, 0.1) is 11.1 Å². The van der Waals surface area contributed by atoms with Gasteiger partial charge < -0.3 is 10.2 Å². The van der Waals surface area contributed by atoms with Gasteiger partial charge in [0.15, 0.2) is 0 Å². The zero-order valence-corrected chi connectivity index (χ0v) is 10.1. The van der Waals surface area contributed by atoms with Gasteiger partial charge in [0, 0.05) is 17.5 Å². The minimum absolute atomic E-state index is 0.0597. The van der Waals surface area contributed by atoms with Crippen LogP contribution in [0.15, 0.2) is 36.5 Å². The summed E-state index contributed by atoms with van der Waals surface area (Å²) in [7, 11) is 0. The van der Waals surface area contributed by atoms with Crippen LogP contribution < -0.4 is 0 Å². The third-order valence-electron chi connectivity index (χ3n) is 2.67. The van der Waals surface area contributed by atoms with Crippen LogP contribution in [0.3, 0.4) is 0 Å². The first-order chi connectivity index (χ1) is 8.97. The first-order valence-corrected chi connectivity index (χ1v) is 5.52. The lowest BCUT2D eigenvalue weighted by molar-refractivity contribution is 0.0696. The smallest absolute Gasteiger partial charge is 0.335 e. The second-order valence-electron chi connectivity index (χ2n) is 4.10. The number of aromatic carboxylic acids is 2. The Bertz CT molecular complexity index is 615. The molecule has 0 radical (unpaired) electrons. The Balaban J connectivity index is 2.59. The predicted molar refractivity (Wildman–Crippen MR) is 68.3 cm³/mol. The number of benzene rings is 1. The van der Waals surface area contributed by atoms with Crippen LogP contribution in [-0.2, 0) is 0 Å². The summed E-state index contributed by atoms with van der Waals surface area (Å²) in [6.07, 6.45) is 1.59. The van der Waals surface area contributed by atoms with Crippen LogP contribution in [0, 0.1) is 6.92 Å². The van der Waals surface area contributed by atoms with Gasteiger partial charge in [-0.3, -0.25) is 4.98 Å². The molecule has 19 heavy (non-hydrogen) atoms. The third-order valence-corrected chi connectivity index (χ3v) is 2.67. The Morgan fingerprint density at radius 2 is 1.53 bits per heavy atom. The van der Waals surface area contributed by atoms with Crippen molar-refractivity contribution in [3.8, 4) is 11.1 Å². The zero-order valence-electron chi connectivity index (χ0n) is 10.1. The summed E-state index contributed by atoms with van der Waals surface area (Å²) < 4.78 is 0. The Morgan fingerprint density at radius 1 is 0.947 bits per heavy atom. The number of pyridine rings is 1. The highest BCUT2D eigenvalue weighted by Crippen LogP contribution is 2.22. The van der Waals surface area contributed by atoms with E-state index in [1.54, 1.807) is 18.3 Å². The summed E-state index contributed by atoms with van der Waals surface area (Å²) in [5.41, 5.74) is 1.91. The van der Waals surface area contributed by atoms with Crippen molar-refractivity contribution in [2.75, 3.05) is 0 Å². The average Bonchev–Trinajstić information content (AvgIpc) is 2.39. The average molecular weight is 257 g/mol. The molecule has 0 bridgehead atoms. The molecule has 2 N–H and O–H groups in total. The number of nitrogens with zero attached hydrogens (tertiary/aromatic N) is 1. The van der Waals surface area contributed by atoms with Crippen molar-refractivity contribution in [1.82, 2.24) is 4.98 Å². The van der Waals surface area contributed by atoms with Gasteiger partial charge >= 0.3 is 11.9 Å². The molecule has 0 amide bonds. The van der Waals surface area contributed by atoms with E-state index >= 15 is 0 Å². The molecule has 2 rings (SSSR count). The van der Waals surface area contributed by atoms with Crippen molar-refractivity contribution < 1.29 is 19.8 Å². The van der Waals surface area contributed by atoms with Gasteiger partial charge in [-0.2, -0.15) is 0 Å². The lowest BCUT2D eigenvalue weighted by atomic mass is 10.0. The SMILES string of the molecule is Cc1ccc(-c2cc(C(=O)O)cc(C(=O)O)c2)cn1. The highest BCUT2D eigenvalue weighted by molar-refractivity contribution is 5.96. The highest BCUT2D eigenvalue weighted by atomic mass is 16.4. The van der Waals surface area contributed by atoms with E-state index in [2.05, 4.69) is 4.98 Å². The maximum absolute atomic E-state index is 11.0. The molecule has 0 spiro atoms. The van der Waals surface area contributed by atoms with Gasteiger partial charge in [-0.25, -0.2) is 9.59 Å². The van der Waals surface area contributed by atoms with E-state index in [9.17, 15) is 9.59 Å². The Labute approximate surface area is 109 Å². The van der Waals surface area contributed by atoms with Crippen LogP contribution in [0.4, 0.5) is 0 Å². The molecule has 0 aliphatic carbocycles. The number of carboxylic acid groups (broad SMARTS) is 2. The van der Waals surface area contributed by atoms with E-state index in [4.69, 9.17) is 10.2 Å². The van der Waals surface area contributed by atoms with Crippen molar-refractivity contribution in [2.24, 2.45) is 0 Å². The van der Waals surface area contributed by atoms with Crippen LogP contribution in [0.2, 0.25) is 0 Å². The zero-order chi connectivity index (χ0) is 14.0. The fourth-order valence-electron chi connectivity index (χ4n) is 1.68. The Kier molecular flexibility index (Phi) is 3.29. The molecule has 1 heterocycles. The molecule has 0 aliphatic heterocycles. The number of aromatic nitrogens is 1. The van der Waals surface area contributed by atoms with Crippen molar-refractivity contribution in [3.05, 3.63) is 53.3 Å². The number of carbonyl (C=O) groups is 2. The summed E-state index contributed by atoms with van der Waals surface area (Å²) in [6, 6.07) is 7.55. The van der Waals surface area contributed by atoms with Crippen LogP contribution in [0.1, 0.15) is 26.4 Å². The first-order valence-electron chi connectivity index (χ1n) is 5.52. The first kappa shape index (κ1) is 12.8. The van der Waals surface area contributed by atoms with Gasteiger partial charge in [-0.15, -0.1) is 0 Å². The van der Waals surface area contributed by atoms with Crippen LogP contribution >= 0.6 is 0 Å². The monoisotopic (exact) mass is 257 g/mol. The minimum atomic E-state index is -1.16. The van der Waals surface area contributed by atoms with Crippen molar-refractivity contribution in [3.63, 3.8) is 0 Å². The van der Waals surface area contributed by atoms with Gasteiger partial charge in [-0.1, -0.05) is 6.07 Å². The van der Waals surface area contributed by atoms with Crippen LogP contribution in [-0.4, -0.2) is 27.1 Å². The van der Waals surface area contributed by atoms with E-state index in [1.807, 2.05) is 6.92 Å². The minimum Gasteiger partial charge on any atom is -0.478 e. The number of hydrogen-bond acceptors (Lipinski definition) is 3. The molecule has 96 valence electrons. The molecule has 0 saturated carbocycles. The molecule has 2 aromatic rings. The van der Waals surface area contributed by atoms with Crippen LogP contribution in [0.5, 0.6) is 0 Å². The second kappa shape index (κ2) is 4.89. The fourth-order valence-corrected chi connectivity index (χ4v) is 1.68. The molecule has 0 atom stereocenters. The molecule has 1 aromatic carbocycles. The lowest BCUT2D eigenvalue weighted by Gasteiger charge is -2.05. The molecular formula is C14H11NO4. The third kappa shape index (κ3) is 2.77. The number of carboxylic acids is 2. The molecule has 1 aromatic heterocycles. The summed E-state index contributed by atoms with van der Waals surface area (Å²) >= 11 is 0. The summed E-state index contributed by atoms with van der Waals surface area (Å²) in [5.74, 6) is -2.33. The maximum Gasteiger partial charge on any atom is 0.335 e. The second-order valence-corrected chi connectivity index (χ2v) is 4.10. The normalized spacial score (nSPS) is 10.2. The Morgan fingerprint density at radius 3 is 1.95 bits per heavy atom. The molecule has 0 unspecified atom stereocenters. The van der Waals surface area contributed by atoms with Crippen molar-refractivity contribution >= 4 is 11.9 Å². The Hall–Kier alpha value is -2.69. The molecule has 5 heteroatoms. The number of aryl methyl sites for hydroxylation is 1. The molecular weight excluding hydrogens is 246 g/mol. The topological polar surface area (TPSA) is 87.5 Å². The largest absolute Gasteiger partial charge is 0.478 e. The van der Waals surface area contributed by atoms with Gasteiger partial charge in [-0.05, 0) is 36.8 Å². The van der Waals surface area contributed by atoms with Crippen molar-refractivity contribution in [1.29, 1.82) is 0 Å². The van der Waals surface area contributed by atoms with E-state index in [0.29, 0.717) is 11.1 Å². The van der Waals surface area contributed by atoms with Gasteiger partial charge in [0.1, 0.15) is 0 Å².